The zero-order chi connectivity index (χ0) is 15.8. The third-order valence-electron chi connectivity index (χ3n) is 3.53. The summed E-state index contributed by atoms with van der Waals surface area (Å²) in [7, 11) is 0. The first kappa shape index (κ1) is 16.7. The van der Waals surface area contributed by atoms with Gasteiger partial charge in [-0.25, -0.2) is 0 Å². The highest BCUT2D eigenvalue weighted by Gasteiger charge is 2.27. The van der Waals surface area contributed by atoms with Crippen molar-refractivity contribution in [2.75, 3.05) is 33.0 Å². The Morgan fingerprint density at radius 1 is 1.45 bits per heavy atom. The van der Waals surface area contributed by atoms with Gasteiger partial charge in [-0.05, 0) is 25.0 Å². The van der Waals surface area contributed by atoms with E-state index in [0.29, 0.717) is 25.4 Å². The van der Waals surface area contributed by atoms with Crippen molar-refractivity contribution in [3.05, 3.63) is 29.8 Å². The highest BCUT2D eigenvalue weighted by atomic mass is 16.5. The SMILES string of the molecule is Cc1ccccc1OCC(=O)N[C@@H]1CCOC[C@H]1OCCO. The fraction of sp³-hybridized carbons (Fsp3) is 0.562. The van der Waals surface area contributed by atoms with Gasteiger partial charge >= 0.3 is 0 Å². The monoisotopic (exact) mass is 309 g/mol. The molecule has 1 heterocycles. The molecule has 2 N–H and O–H groups in total. The average molecular weight is 309 g/mol. The van der Waals surface area contributed by atoms with Gasteiger partial charge in [0.1, 0.15) is 11.9 Å². The number of aliphatic hydroxyl groups excluding tert-OH is 1. The molecule has 1 aromatic rings. The van der Waals surface area contributed by atoms with Gasteiger partial charge in [-0.3, -0.25) is 4.79 Å². The molecule has 2 atom stereocenters. The number of carbonyl (C=O) groups is 1. The molecule has 22 heavy (non-hydrogen) atoms. The van der Waals surface area contributed by atoms with Gasteiger partial charge in [0.05, 0.1) is 25.9 Å². The van der Waals surface area contributed by atoms with Crippen molar-refractivity contribution >= 4 is 5.91 Å². The summed E-state index contributed by atoms with van der Waals surface area (Å²) in [4.78, 5) is 12.0. The van der Waals surface area contributed by atoms with Gasteiger partial charge in [0.25, 0.3) is 5.91 Å². The maximum atomic E-state index is 12.0. The summed E-state index contributed by atoms with van der Waals surface area (Å²) in [5.74, 6) is 0.519. The number of nitrogens with one attached hydrogen (secondary N) is 1. The summed E-state index contributed by atoms with van der Waals surface area (Å²) in [6.45, 7) is 3.10. The second-order valence-electron chi connectivity index (χ2n) is 5.22. The fourth-order valence-electron chi connectivity index (χ4n) is 2.36. The number of rotatable bonds is 7. The minimum absolute atomic E-state index is 0.0328. The van der Waals surface area contributed by atoms with E-state index in [-0.39, 0.29) is 37.9 Å². The first-order valence-electron chi connectivity index (χ1n) is 7.48. The zero-order valence-electron chi connectivity index (χ0n) is 12.8. The highest BCUT2D eigenvalue weighted by molar-refractivity contribution is 5.78. The van der Waals surface area contributed by atoms with Crippen molar-refractivity contribution in [2.24, 2.45) is 0 Å². The Balaban J connectivity index is 1.81. The van der Waals surface area contributed by atoms with Crippen LogP contribution in [0.15, 0.2) is 24.3 Å². The van der Waals surface area contributed by atoms with Crippen LogP contribution < -0.4 is 10.1 Å². The maximum Gasteiger partial charge on any atom is 0.258 e. The van der Waals surface area contributed by atoms with Gasteiger partial charge in [-0.2, -0.15) is 0 Å². The normalized spacial score (nSPS) is 21.4. The zero-order valence-corrected chi connectivity index (χ0v) is 12.8. The van der Waals surface area contributed by atoms with E-state index >= 15 is 0 Å². The molecule has 0 radical (unpaired) electrons. The predicted molar refractivity (Wildman–Crippen MR) is 80.9 cm³/mol. The number of ether oxygens (including phenoxy) is 3. The minimum Gasteiger partial charge on any atom is -0.484 e. The lowest BCUT2D eigenvalue weighted by Crippen LogP contribution is -2.51. The fourth-order valence-corrected chi connectivity index (χ4v) is 2.36. The quantitative estimate of drug-likeness (QED) is 0.773. The summed E-state index contributed by atoms with van der Waals surface area (Å²) in [6, 6.07) is 7.45. The van der Waals surface area contributed by atoms with E-state index in [1.165, 1.54) is 0 Å². The Morgan fingerprint density at radius 2 is 2.27 bits per heavy atom. The molecule has 2 rings (SSSR count). The number of aryl methyl sites for hydroxylation is 1. The number of hydrogen-bond acceptors (Lipinski definition) is 5. The van der Waals surface area contributed by atoms with E-state index in [1.807, 2.05) is 31.2 Å². The average Bonchev–Trinajstić information content (AvgIpc) is 2.53. The van der Waals surface area contributed by atoms with Crippen molar-refractivity contribution in [3.63, 3.8) is 0 Å². The number of benzene rings is 1. The van der Waals surface area contributed by atoms with Crippen LogP contribution >= 0.6 is 0 Å². The number of carbonyl (C=O) groups excluding carboxylic acids is 1. The number of para-hydroxylation sites is 1. The number of amides is 1. The Hall–Kier alpha value is -1.63. The van der Waals surface area contributed by atoms with E-state index in [1.54, 1.807) is 0 Å². The molecule has 1 aromatic carbocycles. The van der Waals surface area contributed by atoms with Crippen LogP contribution in [0.3, 0.4) is 0 Å². The Bertz CT molecular complexity index is 479. The second-order valence-corrected chi connectivity index (χ2v) is 5.22. The van der Waals surface area contributed by atoms with E-state index in [0.717, 1.165) is 5.56 Å². The molecule has 1 amide bonds. The van der Waals surface area contributed by atoms with Crippen LogP contribution in [0.2, 0.25) is 0 Å². The van der Waals surface area contributed by atoms with Crippen LogP contribution in [-0.4, -0.2) is 56.2 Å². The third kappa shape index (κ3) is 4.98. The molecule has 0 bridgehead atoms. The van der Waals surface area contributed by atoms with Crippen LogP contribution in [0.4, 0.5) is 0 Å². The molecule has 0 spiro atoms. The van der Waals surface area contributed by atoms with Crippen LogP contribution in [0.5, 0.6) is 5.75 Å². The summed E-state index contributed by atoms with van der Waals surface area (Å²) in [5.41, 5.74) is 0.991. The van der Waals surface area contributed by atoms with Crippen LogP contribution in [0, 0.1) is 6.92 Å². The summed E-state index contributed by atoms with van der Waals surface area (Å²) in [6.07, 6.45) is 0.454. The lowest BCUT2D eigenvalue weighted by molar-refractivity contribution is -0.128. The Labute approximate surface area is 130 Å². The van der Waals surface area contributed by atoms with Gasteiger partial charge in [-0.1, -0.05) is 18.2 Å². The Morgan fingerprint density at radius 3 is 3.05 bits per heavy atom. The van der Waals surface area contributed by atoms with Crippen molar-refractivity contribution in [2.45, 2.75) is 25.5 Å². The molecule has 6 nitrogen and oxygen atoms in total. The van der Waals surface area contributed by atoms with Gasteiger partial charge in [0.2, 0.25) is 0 Å². The van der Waals surface area contributed by atoms with E-state index in [2.05, 4.69) is 5.32 Å². The molecule has 122 valence electrons. The maximum absolute atomic E-state index is 12.0. The van der Waals surface area contributed by atoms with Gasteiger partial charge in [-0.15, -0.1) is 0 Å². The molecule has 1 saturated heterocycles. The smallest absolute Gasteiger partial charge is 0.258 e. The molecular formula is C16H23NO5. The molecule has 0 unspecified atom stereocenters. The van der Waals surface area contributed by atoms with Crippen molar-refractivity contribution in [1.29, 1.82) is 0 Å². The molecule has 1 fully saturated rings. The minimum atomic E-state index is -0.233. The lowest BCUT2D eigenvalue weighted by Gasteiger charge is -2.31. The number of aliphatic hydroxyl groups is 1. The second kappa shape index (κ2) is 8.73. The summed E-state index contributed by atoms with van der Waals surface area (Å²) < 4.78 is 16.4. The molecule has 0 aliphatic carbocycles. The Kier molecular flexibility index (Phi) is 6.64. The van der Waals surface area contributed by atoms with E-state index in [9.17, 15) is 4.79 Å². The number of hydrogen-bond donors (Lipinski definition) is 2. The van der Waals surface area contributed by atoms with Gasteiger partial charge < -0.3 is 24.6 Å². The van der Waals surface area contributed by atoms with Crippen LogP contribution in [0.1, 0.15) is 12.0 Å². The molecule has 6 heteroatoms. The van der Waals surface area contributed by atoms with Gasteiger partial charge in [0.15, 0.2) is 6.61 Å². The summed E-state index contributed by atoms with van der Waals surface area (Å²) >= 11 is 0. The van der Waals surface area contributed by atoms with Crippen molar-refractivity contribution in [3.8, 4) is 5.75 Å². The van der Waals surface area contributed by atoms with Crippen molar-refractivity contribution < 1.29 is 24.1 Å². The van der Waals surface area contributed by atoms with Crippen LogP contribution in [-0.2, 0) is 14.3 Å². The molecule has 1 aliphatic rings. The largest absolute Gasteiger partial charge is 0.484 e. The molecule has 0 aromatic heterocycles. The molecular weight excluding hydrogens is 286 g/mol. The molecule has 1 aliphatic heterocycles. The highest BCUT2D eigenvalue weighted by Crippen LogP contribution is 2.16. The first-order chi connectivity index (χ1) is 10.7. The first-order valence-corrected chi connectivity index (χ1v) is 7.48. The topological polar surface area (TPSA) is 77.0 Å². The standard InChI is InChI=1S/C16H23NO5/c1-12-4-2-3-5-14(12)22-11-16(19)17-13-6-8-20-10-15(13)21-9-7-18/h2-5,13,15,18H,6-11H2,1H3,(H,17,19)/t13-,15-/m1/s1. The van der Waals surface area contributed by atoms with Gasteiger partial charge in [0, 0.05) is 6.61 Å². The predicted octanol–water partition coefficient (Wildman–Crippen LogP) is 0.656. The van der Waals surface area contributed by atoms with Crippen LogP contribution in [0.25, 0.3) is 0 Å². The van der Waals surface area contributed by atoms with E-state index < -0.39 is 0 Å². The van der Waals surface area contributed by atoms with Crippen molar-refractivity contribution in [1.82, 2.24) is 5.32 Å². The third-order valence-corrected chi connectivity index (χ3v) is 3.53. The van der Waals surface area contributed by atoms with E-state index in [4.69, 9.17) is 19.3 Å². The molecule has 0 saturated carbocycles. The lowest BCUT2D eigenvalue weighted by atomic mass is 10.1. The summed E-state index contributed by atoms with van der Waals surface area (Å²) in [5, 5.41) is 11.7.